The zero-order chi connectivity index (χ0) is 32.6. The number of hydrogen-bond donors (Lipinski definition) is 1. The molecule has 2 aliphatic rings. The summed E-state index contributed by atoms with van der Waals surface area (Å²) in [7, 11) is 1.57. The maximum atomic E-state index is 13.6. The topological polar surface area (TPSA) is 91.7 Å². The van der Waals surface area contributed by atoms with Gasteiger partial charge in [-0.3, -0.25) is 19.6 Å². The second kappa shape index (κ2) is 13.4. The van der Waals surface area contributed by atoms with E-state index in [9.17, 15) is 9.90 Å². The molecule has 0 unspecified atom stereocenters. The number of methoxy groups -OCH3 is 1. The van der Waals surface area contributed by atoms with Crippen LogP contribution in [0.3, 0.4) is 0 Å². The fourth-order valence-electron chi connectivity index (χ4n) is 6.61. The maximum Gasteiger partial charge on any atom is 0.237 e. The van der Waals surface area contributed by atoms with Gasteiger partial charge in [-0.05, 0) is 56.0 Å². The van der Waals surface area contributed by atoms with Gasteiger partial charge < -0.3 is 9.84 Å². The molecule has 4 heterocycles. The number of ketones is 1. The van der Waals surface area contributed by atoms with Crippen molar-refractivity contribution in [3.8, 4) is 28.3 Å². The van der Waals surface area contributed by atoms with Crippen LogP contribution in [0.4, 0.5) is 0 Å². The van der Waals surface area contributed by atoms with Crippen molar-refractivity contribution in [1.29, 1.82) is 0 Å². The van der Waals surface area contributed by atoms with Gasteiger partial charge in [-0.1, -0.05) is 66.5 Å². The largest absolute Gasteiger partial charge is 0.480 e. The van der Waals surface area contributed by atoms with Gasteiger partial charge in [0.25, 0.3) is 0 Å². The summed E-state index contributed by atoms with van der Waals surface area (Å²) in [6.07, 6.45) is 3.87. The van der Waals surface area contributed by atoms with Crippen LogP contribution in [0.15, 0.2) is 48.7 Å². The third-order valence-electron chi connectivity index (χ3n) is 8.81. The van der Waals surface area contributed by atoms with E-state index in [2.05, 4.69) is 28.6 Å². The molecule has 240 valence electrons. The van der Waals surface area contributed by atoms with Crippen molar-refractivity contribution in [2.75, 3.05) is 33.3 Å². The highest BCUT2D eigenvalue weighted by atomic mass is 35.5. The molecule has 1 N–H and O–H groups in total. The highest BCUT2D eigenvalue weighted by molar-refractivity contribution is 6.38. The minimum atomic E-state index is -0.673. The molecule has 2 aromatic heterocycles. The van der Waals surface area contributed by atoms with Crippen molar-refractivity contribution < 1.29 is 14.6 Å². The molecule has 1 fully saturated rings. The van der Waals surface area contributed by atoms with Crippen molar-refractivity contribution in [1.82, 2.24) is 24.8 Å². The Hall–Kier alpha value is -3.40. The lowest BCUT2D eigenvalue weighted by Crippen LogP contribution is -2.59. The zero-order valence-electron chi connectivity index (χ0n) is 26.7. The number of likely N-dealkylation sites (tertiary alicyclic amines) is 1. The van der Waals surface area contributed by atoms with Gasteiger partial charge in [-0.2, -0.15) is 0 Å². The second-order valence-electron chi connectivity index (χ2n) is 12.7. The molecular formula is C36H39Cl2N5O3. The first-order chi connectivity index (χ1) is 22.1. The first kappa shape index (κ1) is 32.5. The number of carbonyl (C=O) groups is 1. The zero-order valence-corrected chi connectivity index (χ0v) is 28.3. The quantitative estimate of drug-likeness (QED) is 0.191. The number of hydrogen-bond acceptors (Lipinski definition) is 8. The smallest absolute Gasteiger partial charge is 0.237 e. The standard InChI is InChI=1S/C36H39Cl2N5O3/c1-5-13-42-14-12-24-22(2)15-28(40-30(24)18-42)32(44)16-23-8-6-9-25(33(23)37)26-10-7-11-27(34(26)38)29-17-39-31(35(41-29)46-4)19-43-20-36(3,45)21-43/h6-11,15,17,45H,5,12-14,16,18-21H2,1-4H3. The molecule has 0 saturated carbocycles. The van der Waals surface area contributed by atoms with Crippen LogP contribution in [0, 0.1) is 6.92 Å². The molecule has 0 radical (unpaired) electrons. The summed E-state index contributed by atoms with van der Waals surface area (Å²) in [5, 5.41) is 11.0. The number of pyridine rings is 1. The van der Waals surface area contributed by atoms with E-state index in [1.807, 2.05) is 49.4 Å². The van der Waals surface area contributed by atoms with E-state index in [0.29, 0.717) is 63.8 Å². The van der Waals surface area contributed by atoms with Crippen LogP contribution >= 0.6 is 23.2 Å². The van der Waals surface area contributed by atoms with Crippen LogP contribution in [0.2, 0.25) is 10.0 Å². The molecule has 2 aromatic carbocycles. The van der Waals surface area contributed by atoms with E-state index in [1.54, 1.807) is 13.3 Å². The summed E-state index contributed by atoms with van der Waals surface area (Å²) in [6.45, 7) is 10.6. The van der Waals surface area contributed by atoms with Gasteiger partial charge in [0.15, 0.2) is 5.78 Å². The van der Waals surface area contributed by atoms with Gasteiger partial charge in [-0.15, -0.1) is 0 Å². The van der Waals surface area contributed by atoms with Crippen molar-refractivity contribution in [3.05, 3.63) is 92.5 Å². The average molecular weight is 661 g/mol. The number of aromatic nitrogens is 3. The van der Waals surface area contributed by atoms with E-state index >= 15 is 0 Å². The Kier molecular flexibility index (Phi) is 9.46. The molecular weight excluding hydrogens is 621 g/mol. The van der Waals surface area contributed by atoms with Crippen molar-refractivity contribution in [3.63, 3.8) is 0 Å². The Morgan fingerprint density at radius 1 is 1.04 bits per heavy atom. The van der Waals surface area contributed by atoms with Gasteiger partial charge in [0.2, 0.25) is 5.88 Å². The SMILES string of the molecule is CCCN1CCc2c(C)cc(C(=O)Cc3cccc(-c4cccc(-c5cnc(CN6CC(C)(O)C6)c(OC)n5)c4Cl)c3Cl)nc2C1. The van der Waals surface area contributed by atoms with Crippen LogP contribution in [0.1, 0.15) is 58.8 Å². The van der Waals surface area contributed by atoms with Gasteiger partial charge in [0.05, 0.1) is 40.3 Å². The molecule has 0 atom stereocenters. The summed E-state index contributed by atoms with van der Waals surface area (Å²) in [5.41, 5.74) is 7.31. The van der Waals surface area contributed by atoms with Crippen LogP contribution in [0.25, 0.3) is 22.4 Å². The lowest BCUT2D eigenvalue weighted by Gasteiger charge is -2.44. The van der Waals surface area contributed by atoms with Crippen LogP contribution < -0.4 is 4.74 Å². The van der Waals surface area contributed by atoms with Crippen LogP contribution in [0.5, 0.6) is 5.88 Å². The van der Waals surface area contributed by atoms with Crippen molar-refractivity contribution in [2.24, 2.45) is 0 Å². The molecule has 10 heteroatoms. The number of nitrogens with zero attached hydrogens (tertiary/aromatic N) is 5. The predicted octanol–water partition coefficient (Wildman–Crippen LogP) is 6.59. The molecule has 8 nitrogen and oxygen atoms in total. The Bertz CT molecular complexity index is 1790. The van der Waals surface area contributed by atoms with Crippen LogP contribution in [-0.2, 0) is 25.9 Å². The Morgan fingerprint density at radius 3 is 2.48 bits per heavy atom. The number of fused-ring (bicyclic) bond motifs is 1. The number of ether oxygens (including phenoxy) is 1. The highest BCUT2D eigenvalue weighted by Gasteiger charge is 2.37. The Morgan fingerprint density at radius 2 is 1.76 bits per heavy atom. The third-order valence-corrected chi connectivity index (χ3v) is 9.66. The fourth-order valence-corrected chi connectivity index (χ4v) is 7.23. The van der Waals surface area contributed by atoms with E-state index in [-0.39, 0.29) is 12.2 Å². The average Bonchev–Trinajstić information content (AvgIpc) is 3.01. The van der Waals surface area contributed by atoms with Crippen LogP contribution in [-0.4, -0.2) is 74.5 Å². The number of benzene rings is 2. The third kappa shape index (κ3) is 6.68. The van der Waals surface area contributed by atoms with Gasteiger partial charge >= 0.3 is 0 Å². The number of aliphatic hydroxyl groups is 1. The first-order valence-electron chi connectivity index (χ1n) is 15.7. The molecule has 4 aromatic rings. The molecule has 6 rings (SSSR count). The highest BCUT2D eigenvalue weighted by Crippen LogP contribution is 2.40. The number of β-amino-alcohol motifs (C(OH)–C–C–N with tert-alkyl or cyclic N) is 1. The number of rotatable bonds is 10. The lowest BCUT2D eigenvalue weighted by atomic mass is 9.95. The Labute approximate surface area is 280 Å². The molecule has 0 amide bonds. The van der Waals surface area contributed by atoms with E-state index in [1.165, 1.54) is 5.56 Å². The number of carbonyl (C=O) groups excluding carboxylic acids is 1. The monoisotopic (exact) mass is 659 g/mol. The second-order valence-corrected chi connectivity index (χ2v) is 13.4. The minimum Gasteiger partial charge on any atom is -0.480 e. The van der Waals surface area contributed by atoms with E-state index in [0.717, 1.165) is 54.9 Å². The molecule has 46 heavy (non-hydrogen) atoms. The minimum absolute atomic E-state index is 0.0679. The summed E-state index contributed by atoms with van der Waals surface area (Å²) >= 11 is 14.0. The molecule has 0 bridgehead atoms. The van der Waals surface area contributed by atoms with Gasteiger partial charge in [-0.25, -0.2) is 9.97 Å². The summed E-state index contributed by atoms with van der Waals surface area (Å²) in [6, 6.07) is 13.3. The predicted molar refractivity (Wildman–Crippen MR) is 182 cm³/mol. The summed E-state index contributed by atoms with van der Waals surface area (Å²) < 4.78 is 5.58. The number of halogens is 2. The Balaban J connectivity index is 1.25. The fraction of sp³-hybridized carbons (Fsp3) is 0.389. The first-order valence-corrected chi connectivity index (χ1v) is 16.5. The molecule has 0 spiro atoms. The van der Waals surface area contributed by atoms with E-state index in [4.69, 9.17) is 37.9 Å². The van der Waals surface area contributed by atoms with Gasteiger partial charge in [0.1, 0.15) is 11.4 Å². The normalized spacial score (nSPS) is 16.2. The molecule has 2 aliphatic heterocycles. The maximum absolute atomic E-state index is 13.6. The molecule has 0 aliphatic carbocycles. The number of Topliss-reactive ketones (excluding diaryl/α,β-unsaturated/α-hetero) is 1. The molecule has 1 saturated heterocycles. The van der Waals surface area contributed by atoms with Crippen molar-refractivity contribution >= 4 is 29.0 Å². The lowest BCUT2D eigenvalue weighted by molar-refractivity contribution is -0.0878. The van der Waals surface area contributed by atoms with Gasteiger partial charge in [0, 0.05) is 55.8 Å². The number of aryl methyl sites for hydroxylation is 1. The summed E-state index contributed by atoms with van der Waals surface area (Å²) in [5.74, 6) is 0.342. The van der Waals surface area contributed by atoms with Crippen molar-refractivity contribution in [2.45, 2.75) is 58.7 Å². The van der Waals surface area contributed by atoms with E-state index < -0.39 is 5.60 Å². The summed E-state index contributed by atoms with van der Waals surface area (Å²) in [4.78, 5) is 32.2.